The maximum absolute atomic E-state index is 13.3. The number of halogens is 19. The minimum absolute atomic E-state index is 0.00719. The van der Waals surface area contributed by atoms with Crippen LogP contribution in [0.4, 0.5) is 102 Å². The van der Waals surface area contributed by atoms with Gasteiger partial charge >= 0.3 is 54.4 Å². The molecule has 0 radical (unpaired) electrons. The number of H-pyrrole nitrogens is 1. The molecule has 1 amide bonds. The Labute approximate surface area is 612 Å². The molecule has 25 nitrogen and oxygen atoms in total. The van der Waals surface area contributed by atoms with Gasteiger partial charge in [-0.05, 0) is 108 Å². The number of carbonyl (C=O) groups is 2. The lowest BCUT2D eigenvalue weighted by Gasteiger charge is -2.16. The Bertz CT molecular complexity index is 5080. The zero-order chi connectivity index (χ0) is 81.3. The smallest absolute Gasteiger partial charge is 0.416 e. The monoisotopic (exact) mass is 1630 g/mol. The largest absolute Gasteiger partial charge is 0.476 e. The first-order chi connectivity index (χ1) is 51.4. The second-order valence-corrected chi connectivity index (χ2v) is 22.8. The first-order valence-corrected chi connectivity index (χ1v) is 31.3. The number of aromatic carboxylic acids is 1. The van der Waals surface area contributed by atoms with Crippen molar-refractivity contribution in [1.82, 2.24) is 59.8 Å². The maximum atomic E-state index is 13.3. The van der Waals surface area contributed by atoms with Crippen LogP contribution in [0, 0.1) is 34.1 Å². The van der Waals surface area contributed by atoms with Crippen molar-refractivity contribution in [1.29, 1.82) is 0 Å². The van der Waals surface area contributed by atoms with Gasteiger partial charge in [-0.2, -0.15) is 99.4 Å². The van der Waals surface area contributed by atoms with E-state index in [1.807, 2.05) is 0 Å². The van der Waals surface area contributed by atoms with Crippen LogP contribution < -0.4 is 11.1 Å². The van der Waals surface area contributed by atoms with E-state index >= 15 is 0 Å². The summed E-state index contributed by atoms with van der Waals surface area (Å²) < 4.78 is 243. The third-order valence-electron chi connectivity index (χ3n) is 14.2. The van der Waals surface area contributed by atoms with Crippen molar-refractivity contribution in [2.45, 2.75) is 75.9 Å². The number of aromatic amines is 1. The molecular formula is C66H49BrF18N16O9. The molecule has 0 saturated carbocycles. The summed E-state index contributed by atoms with van der Waals surface area (Å²) in [7, 11) is 0. The van der Waals surface area contributed by atoms with Gasteiger partial charge in [0.2, 0.25) is 0 Å². The van der Waals surface area contributed by atoms with Crippen LogP contribution in [-0.4, -0.2) is 86.6 Å². The van der Waals surface area contributed by atoms with E-state index in [-0.39, 0.29) is 59.1 Å². The quantitative estimate of drug-likeness (QED) is 0.0340. The number of hydrogen-bond donors (Lipinski definition) is 4. The molecule has 0 spiro atoms. The number of benzene rings is 4. The third kappa shape index (κ3) is 24.6. The van der Waals surface area contributed by atoms with Crippen molar-refractivity contribution in [3.05, 3.63) is 282 Å². The number of rotatable bonds is 14. The molecule has 0 saturated heterocycles. The number of carboxylic acid groups (broad SMARTS) is 1. The van der Waals surface area contributed by atoms with Gasteiger partial charge in [0.1, 0.15) is 30.0 Å². The third-order valence-corrected chi connectivity index (χ3v) is 14.8. The first-order valence-electron chi connectivity index (χ1n) is 30.2. The van der Waals surface area contributed by atoms with Crippen LogP contribution in [0.5, 0.6) is 0 Å². The number of anilines is 2. The van der Waals surface area contributed by atoms with Crippen molar-refractivity contribution in [3.63, 3.8) is 0 Å². The lowest BCUT2D eigenvalue weighted by atomic mass is 10.0. The van der Waals surface area contributed by atoms with Gasteiger partial charge in [0.15, 0.2) is 22.9 Å². The molecule has 0 aliphatic carbocycles. The standard InChI is InChI=1S/C21H16F3N5O2.C12H7F6N3O2.C12H9F6N3.C9H8BrF3.C9H6N2O3.C3H3N3O2/c1-13-5-6-14(16(8-13)21(22,23)24)11-29-12-15(10-26-29)27-20(30)18-9-19(31-28-18)17-4-2-3-7-25-17;13-11(14,15)8-2-1-7(10(3-8)12(16,17)18)5-20-6-9(4-19-20)21(22)23;13-11(14,15)8-2-1-7(10(3-8)12(16,17)18)5-21-6-9(19)4-20-21;1-6-4-8(9(11,12)13)3-2-7(6)5-10;12-9(13)7-5-8(14-11-7)6-3-1-2-4-10-6;7-6(8)3-1-4-5-2-3/h2-10,12H,11H2,1H3,(H,27,30);1-4,6H,5H2;1-4,6H,5,19H2;2-4H,5H2,1H3;1-5H,(H,12,13);1-2H,(H,4,5). The minimum atomic E-state index is -5.00. The molecule has 12 aromatic rings. The van der Waals surface area contributed by atoms with Gasteiger partial charge in [-0.3, -0.25) is 54.1 Å². The number of aryl methyl sites for hydroxylation is 2. The number of amides is 1. The number of carbonyl (C=O) groups excluding carboxylic acids is 1. The molecule has 8 heterocycles. The molecule has 0 aliphatic heterocycles. The first kappa shape index (κ1) is 84.5. The number of nitrogens with two attached hydrogens (primary N) is 1. The summed E-state index contributed by atoms with van der Waals surface area (Å²) in [5, 5.41) is 56.1. The summed E-state index contributed by atoms with van der Waals surface area (Å²) in [6, 6.07) is 23.9. The lowest BCUT2D eigenvalue weighted by molar-refractivity contribution is -0.385. The van der Waals surface area contributed by atoms with Crippen LogP contribution in [0.2, 0.25) is 0 Å². The predicted molar refractivity (Wildman–Crippen MR) is 353 cm³/mol. The highest BCUT2D eigenvalue weighted by molar-refractivity contribution is 9.08. The molecule has 0 bridgehead atoms. The van der Waals surface area contributed by atoms with E-state index in [1.54, 1.807) is 68.7 Å². The van der Waals surface area contributed by atoms with Crippen LogP contribution in [-0.2, 0) is 62.0 Å². The molecule has 44 heteroatoms. The molecule has 580 valence electrons. The van der Waals surface area contributed by atoms with Crippen molar-refractivity contribution in [2.75, 3.05) is 11.1 Å². The number of carboxylic acids is 1. The molecule has 0 fully saturated rings. The fourth-order valence-corrected chi connectivity index (χ4v) is 9.65. The SMILES string of the molecule is Cc1cc(C(F)(F)F)ccc1CBr.Cc1ccc(Cn2cc(NC(=O)c3cc(-c4ccccn4)on3)cn2)c(C(F)(F)F)c1.Nc1cnn(Cc2ccc(C(F)(F)F)cc2C(F)(F)F)c1.O=C(O)c1cc(-c2ccccn2)on1.O=[N+]([O-])c1cn[nH]c1.O=[N+]([O-])c1cnn(Cc2ccc(C(F)(F)F)cc2C(F)(F)F)c1. The molecule has 8 aromatic heterocycles. The minimum Gasteiger partial charge on any atom is -0.476 e. The van der Waals surface area contributed by atoms with Gasteiger partial charge in [0.05, 0.1) is 92.8 Å². The van der Waals surface area contributed by atoms with Gasteiger partial charge in [-0.25, -0.2) is 4.79 Å². The molecular weight excluding hydrogens is 1580 g/mol. The Hall–Kier alpha value is -12.8. The van der Waals surface area contributed by atoms with E-state index in [0.717, 1.165) is 57.8 Å². The number of hydrogen-bond acceptors (Lipinski definition) is 17. The zero-order valence-electron chi connectivity index (χ0n) is 55.4. The molecule has 110 heavy (non-hydrogen) atoms. The number of aromatic nitrogens is 12. The number of nitrogens with zero attached hydrogens (tertiary/aromatic N) is 13. The number of alkyl halides is 19. The maximum Gasteiger partial charge on any atom is 0.416 e. The summed E-state index contributed by atoms with van der Waals surface area (Å²) in [4.78, 5) is 50.0. The molecule has 4 aromatic carbocycles. The normalized spacial score (nSPS) is 11.6. The van der Waals surface area contributed by atoms with E-state index in [2.05, 4.69) is 67.0 Å². The number of pyridine rings is 2. The van der Waals surface area contributed by atoms with E-state index in [0.29, 0.717) is 63.3 Å². The molecule has 0 atom stereocenters. The van der Waals surface area contributed by atoms with Crippen LogP contribution in [0.25, 0.3) is 22.9 Å². The molecule has 0 aliphatic rings. The van der Waals surface area contributed by atoms with Crippen molar-refractivity contribution >= 4 is 50.6 Å². The summed E-state index contributed by atoms with van der Waals surface area (Å²) in [6.07, 6.45) is -15.8. The van der Waals surface area contributed by atoms with Crippen LogP contribution in [0.15, 0.2) is 192 Å². The van der Waals surface area contributed by atoms with Gasteiger partial charge < -0.3 is 25.2 Å². The van der Waals surface area contributed by atoms with E-state index in [9.17, 15) is 109 Å². The highest BCUT2D eigenvalue weighted by Crippen LogP contribution is 2.40. The number of nitro groups is 2. The highest BCUT2D eigenvalue weighted by atomic mass is 79.9. The average molecular weight is 1630 g/mol. The van der Waals surface area contributed by atoms with Crippen molar-refractivity contribution < 1.29 is 113 Å². The lowest BCUT2D eigenvalue weighted by Crippen LogP contribution is -2.15. The Morgan fingerprint density at radius 1 is 0.527 bits per heavy atom. The molecule has 12 rings (SSSR count). The van der Waals surface area contributed by atoms with Gasteiger partial charge in [-0.1, -0.05) is 74.3 Å². The van der Waals surface area contributed by atoms with Gasteiger partial charge in [-0.15, -0.1) is 0 Å². The van der Waals surface area contributed by atoms with Gasteiger partial charge in [0, 0.05) is 42.3 Å². The summed E-state index contributed by atoms with van der Waals surface area (Å²) in [5.41, 5.74) is 0.945. The fraction of sp³-hybridized carbons (Fsp3) is 0.182. The fourth-order valence-electron chi connectivity index (χ4n) is 9.02. The molecule has 0 unspecified atom stereocenters. The second kappa shape index (κ2) is 35.7. The summed E-state index contributed by atoms with van der Waals surface area (Å²) in [6.45, 7) is 2.29. The van der Waals surface area contributed by atoms with E-state index < -0.39 is 110 Å². The highest BCUT2D eigenvalue weighted by Gasteiger charge is 2.40. The summed E-state index contributed by atoms with van der Waals surface area (Å²) >= 11 is 3.20. The second-order valence-electron chi connectivity index (χ2n) is 22.3. The van der Waals surface area contributed by atoms with Gasteiger partial charge in [0.25, 0.3) is 5.91 Å². The van der Waals surface area contributed by atoms with Crippen LogP contribution in [0.1, 0.15) is 87.7 Å². The average Bonchev–Trinajstić information content (AvgIpc) is 0.825. The van der Waals surface area contributed by atoms with Crippen molar-refractivity contribution in [2.24, 2.45) is 0 Å². The predicted octanol–water partition coefficient (Wildman–Crippen LogP) is 17.7. The topological polar surface area (TPSA) is 339 Å². The van der Waals surface area contributed by atoms with E-state index in [4.69, 9.17) is 19.9 Å². The van der Waals surface area contributed by atoms with Crippen molar-refractivity contribution in [3.8, 4) is 22.9 Å². The molecule has 5 N–H and O–H groups in total. The Kier molecular flexibility index (Phi) is 27.4. The number of nitrogens with one attached hydrogen (secondary N) is 2. The van der Waals surface area contributed by atoms with Crippen LogP contribution >= 0.6 is 15.9 Å². The van der Waals surface area contributed by atoms with Crippen LogP contribution in [0.3, 0.4) is 0 Å². The number of nitrogen functional groups attached to an aromatic ring is 1. The Morgan fingerprint density at radius 3 is 1.35 bits per heavy atom. The zero-order valence-corrected chi connectivity index (χ0v) is 57.0. The van der Waals surface area contributed by atoms with E-state index in [1.165, 1.54) is 59.9 Å². The Morgan fingerprint density at radius 2 is 0.964 bits per heavy atom. The summed E-state index contributed by atoms with van der Waals surface area (Å²) in [5.74, 6) is -0.976. The Balaban J connectivity index is 0.000000192.